The minimum atomic E-state index is -1.33. The van der Waals surface area contributed by atoms with Crippen LogP contribution in [0, 0.1) is 0 Å². The van der Waals surface area contributed by atoms with Gasteiger partial charge in [0.25, 0.3) is 11.8 Å². The third-order valence-electron chi connectivity index (χ3n) is 10.2. The van der Waals surface area contributed by atoms with Crippen molar-refractivity contribution in [2.24, 2.45) is 0 Å². The molecule has 240 valence electrons. The van der Waals surface area contributed by atoms with E-state index in [9.17, 15) is 9.59 Å². The van der Waals surface area contributed by atoms with Crippen LogP contribution in [0.4, 0.5) is 5.69 Å². The topological polar surface area (TPSA) is 67.2 Å². The molecule has 1 atom stereocenters. The summed E-state index contributed by atoms with van der Waals surface area (Å²) < 4.78 is 14.1. The SMILES string of the molecule is COC1(OC)CC(c2ccccc2)=C(Cl)C=C1C(=O)N1Cc2ccc(C(=O)N3CCC[C@H]3CN3CCCC3)n2Cc2ccccc21. The average molecular weight is 641 g/mol. The maximum absolute atomic E-state index is 14.7. The number of carbonyl (C=O) groups excluding carboxylic acids is 2. The number of rotatable bonds is 7. The number of allylic oxidation sites excluding steroid dienone is 2. The van der Waals surface area contributed by atoms with Gasteiger partial charge in [-0.1, -0.05) is 60.1 Å². The van der Waals surface area contributed by atoms with Crippen LogP contribution in [0.2, 0.25) is 0 Å². The van der Waals surface area contributed by atoms with E-state index in [2.05, 4.69) is 14.4 Å². The molecule has 2 aromatic carbocycles. The van der Waals surface area contributed by atoms with Crippen LogP contribution in [0.5, 0.6) is 0 Å². The summed E-state index contributed by atoms with van der Waals surface area (Å²) in [5.74, 6) is -1.51. The zero-order valence-electron chi connectivity index (χ0n) is 26.6. The van der Waals surface area contributed by atoms with Crippen LogP contribution in [0.3, 0.4) is 0 Å². The number of nitrogens with zero attached hydrogens (tertiary/aromatic N) is 4. The molecule has 0 unspecified atom stereocenters. The fourth-order valence-corrected chi connectivity index (χ4v) is 7.95. The number of amides is 2. The maximum Gasteiger partial charge on any atom is 0.270 e. The third kappa shape index (κ3) is 5.51. The van der Waals surface area contributed by atoms with Crippen molar-refractivity contribution in [1.29, 1.82) is 0 Å². The predicted octanol–water partition coefficient (Wildman–Crippen LogP) is 6.05. The van der Waals surface area contributed by atoms with E-state index >= 15 is 0 Å². The van der Waals surface area contributed by atoms with Crippen molar-refractivity contribution >= 4 is 34.7 Å². The molecule has 9 heteroatoms. The van der Waals surface area contributed by atoms with E-state index < -0.39 is 5.79 Å². The number of anilines is 1. The molecule has 2 saturated heterocycles. The van der Waals surface area contributed by atoms with Crippen molar-refractivity contribution in [3.8, 4) is 0 Å². The summed E-state index contributed by atoms with van der Waals surface area (Å²) in [6, 6.07) is 21.9. The van der Waals surface area contributed by atoms with Crippen molar-refractivity contribution in [3.63, 3.8) is 0 Å². The fourth-order valence-electron chi connectivity index (χ4n) is 7.66. The summed E-state index contributed by atoms with van der Waals surface area (Å²) in [5.41, 5.74) is 5.44. The van der Waals surface area contributed by atoms with Gasteiger partial charge in [0.15, 0.2) is 0 Å². The van der Waals surface area contributed by atoms with Gasteiger partial charge in [-0.3, -0.25) is 9.59 Å². The van der Waals surface area contributed by atoms with Gasteiger partial charge >= 0.3 is 0 Å². The van der Waals surface area contributed by atoms with Gasteiger partial charge in [0.05, 0.1) is 18.7 Å². The minimum Gasteiger partial charge on any atom is -0.349 e. The van der Waals surface area contributed by atoms with Crippen LogP contribution in [0.25, 0.3) is 5.57 Å². The fraction of sp³-hybridized carbons (Fsp3) is 0.405. The zero-order chi connectivity index (χ0) is 31.8. The van der Waals surface area contributed by atoms with E-state index in [1.807, 2.05) is 66.7 Å². The Morgan fingerprint density at radius 2 is 1.61 bits per heavy atom. The largest absolute Gasteiger partial charge is 0.349 e. The van der Waals surface area contributed by atoms with E-state index in [1.54, 1.807) is 25.2 Å². The minimum absolute atomic E-state index is 0.0725. The highest BCUT2D eigenvalue weighted by molar-refractivity contribution is 6.35. The molecule has 4 heterocycles. The first-order valence-corrected chi connectivity index (χ1v) is 16.7. The zero-order valence-corrected chi connectivity index (χ0v) is 27.3. The highest BCUT2D eigenvalue weighted by Crippen LogP contribution is 2.43. The summed E-state index contributed by atoms with van der Waals surface area (Å²) >= 11 is 6.89. The van der Waals surface area contributed by atoms with E-state index in [0.29, 0.717) is 22.8 Å². The monoisotopic (exact) mass is 640 g/mol. The first-order chi connectivity index (χ1) is 22.4. The molecule has 3 aliphatic heterocycles. The summed E-state index contributed by atoms with van der Waals surface area (Å²) in [5, 5.41) is 0.479. The van der Waals surface area contributed by atoms with Gasteiger partial charge in [0.1, 0.15) is 5.69 Å². The predicted molar refractivity (Wildman–Crippen MR) is 180 cm³/mol. The Morgan fingerprint density at radius 3 is 2.37 bits per heavy atom. The summed E-state index contributed by atoms with van der Waals surface area (Å²) in [6.07, 6.45) is 6.52. The lowest BCUT2D eigenvalue weighted by atomic mass is 9.87. The normalized spacial score (nSPS) is 21.2. The second-order valence-corrected chi connectivity index (χ2v) is 13.1. The van der Waals surface area contributed by atoms with Crippen molar-refractivity contribution < 1.29 is 19.1 Å². The molecule has 46 heavy (non-hydrogen) atoms. The highest BCUT2D eigenvalue weighted by atomic mass is 35.5. The van der Waals surface area contributed by atoms with Gasteiger partial charge in [-0.2, -0.15) is 0 Å². The number of fused-ring (bicyclic) bond motifs is 2. The molecule has 3 aromatic rings. The number of ether oxygens (including phenoxy) is 2. The second kappa shape index (κ2) is 12.8. The van der Waals surface area contributed by atoms with Crippen LogP contribution in [0.15, 0.2) is 83.4 Å². The Kier molecular flexibility index (Phi) is 8.63. The number of para-hydroxylation sites is 1. The molecule has 1 aromatic heterocycles. The lowest BCUT2D eigenvalue weighted by molar-refractivity contribution is -0.178. The molecule has 4 aliphatic rings. The van der Waals surface area contributed by atoms with E-state index in [1.165, 1.54) is 12.8 Å². The highest BCUT2D eigenvalue weighted by Gasteiger charge is 2.45. The van der Waals surface area contributed by atoms with Gasteiger partial charge in [0.2, 0.25) is 5.79 Å². The first kappa shape index (κ1) is 30.9. The summed E-state index contributed by atoms with van der Waals surface area (Å²) in [4.78, 5) is 35.2. The van der Waals surface area contributed by atoms with E-state index in [4.69, 9.17) is 21.1 Å². The molecule has 7 rings (SSSR count). The van der Waals surface area contributed by atoms with Gasteiger partial charge in [-0.15, -0.1) is 0 Å². The van der Waals surface area contributed by atoms with Gasteiger partial charge in [-0.25, -0.2) is 0 Å². The average Bonchev–Trinajstić information content (AvgIpc) is 3.85. The van der Waals surface area contributed by atoms with Crippen LogP contribution >= 0.6 is 11.6 Å². The number of methoxy groups -OCH3 is 2. The Balaban J connectivity index is 1.23. The first-order valence-electron chi connectivity index (χ1n) is 16.3. The molecule has 8 nitrogen and oxygen atoms in total. The van der Waals surface area contributed by atoms with Gasteiger partial charge in [0, 0.05) is 56.2 Å². The molecular weight excluding hydrogens is 600 g/mol. The molecule has 2 fully saturated rings. The number of halogens is 1. The van der Waals surface area contributed by atoms with Crippen molar-refractivity contribution in [3.05, 3.63) is 106 Å². The van der Waals surface area contributed by atoms with E-state index in [0.717, 1.165) is 67.1 Å². The smallest absolute Gasteiger partial charge is 0.270 e. The number of hydrogen-bond donors (Lipinski definition) is 0. The molecule has 0 N–H and O–H groups in total. The van der Waals surface area contributed by atoms with Crippen LogP contribution < -0.4 is 4.90 Å². The van der Waals surface area contributed by atoms with Crippen LogP contribution in [0.1, 0.15) is 59.4 Å². The molecule has 0 spiro atoms. The summed E-state index contributed by atoms with van der Waals surface area (Å²) in [7, 11) is 3.11. The van der Waals surface area contributed by atoms with Crippen molar-refractivity contribution in [2.45, 2.75) is 57.0 Å². The third-order valence-corrected chi connectivity index (χ3v) is 10.5. The molecule has 1 aliphatic carbocycles. The standard InChI is InChI=1S/C37H41ClN4O4/c1-45-37(46-2)22-30(26-11-4-3-5-12-26)32(38)21-31(37)35(43)42-25-29-16-17-34(41(29)23-27-13-6-7-15-33(27)42)36(44)40-20-10-14-28(40)24-39-18-8-9-19-39/h3-7,11-13,15-17,21,28H,8-10,14,18-20,22-25H2,1-2H3/t28-/m0/s1. The molecule has 2 amide bonds. The molecule has 0 bridgehead atoms. The Bertz CT molecular complexity index is 1690. The van der Waals surface area contributed by atoms with Crippen LogP contribution in [-0.4, -0.2) is 78.4 Å². The second-order valence-electron chi connectivity index (χ2n) is 12.7. The summed E-state index contributed by atoms with van der Waals surface area (Å²) in [6.45, 7) is 4.75. The number of carbonyl (C=O) groups is 2. The number of hydrogen-bond acceptors (Lipinski definition) is 5. The lowest BCUT2D eigenvalue weighted by Crippen LogP contribution is -2.46. The Morgan fingerprint density at radius 1 is 0.870 bits per heavy atom. The van der Waals surface area contributed by atoms with Crippen LogP contribution in [-0.2, 0) is 27.4 Å². The lowest BCUT2D eigenvalue weighted by Gasteiger charge is -2.38. The van der Waals surface area contributed by atoms with Gasteiger partial charge < -0.3 is 28.7 Å². The van der Waals surface area contributed by atoms with Gasteiger partial charge in [-0.05, 0) is 79.7 Å². The quantitative estimate of drug-likeness (QED) is 0.294. The van der Waals surface area contributed by atoms with E-state index in [-0.39, 0.29) is 30.8 Å². The molecule has 0 saturated carbocycles. The van der Waals surface area contributed by atoms with Crippen molar-refractivity contribution in [2.75, 3.05) is 45.3 Å². The molecule has 0 radical (unpaired) electrons. The molecular formula is C37H41ClN4O4. The number of benzene rings is 2. The van der Waals surface area contributed by atoms with Crippen molar-refractivity contribution in [1.82, 2.24) is 14.4 Å². The Labute approximate surface area is 275 Å². The Hall–Kier alpha value is -3.69. The number of likely N-dealkylation sites (tertiary alicyclic amines) is 2. The maximum atomic E-state index is 14.7. The number of aromatic nitrogens is 1.